The number of hydrogen-bond donors (Lipinski definition) is 3. The van der Waals surface area contributed by atoms with E-state index in [2.05, 4.69) is 31.3 Å². The number of unbranched alkanes of at least 4 members (excludes halogenated alkanes) is 65. The third-order valence-corrected chi connectivity index (χ3v) is 19.6. The second-order valence-corrected chi connectivity index (χ2v) is 28.5. The number of amides is 1. The average molecular weight is 1240 g/mol. The Morgan fingerprint density at radius 2 is 0.534 bits per heavy atom. The largest absolute Gasteiger partial charge is 0.466 e. The first-order chi connectivity index (χ1) is 43.5. The Hall–Kier alpha value is -1.40. The van der Waals surface area contributed by atoms with Crippen molar-refractivity contribution in [3.63, 3.8) is 0 Å². The van der Waals surface area contributed by atoms with Crippen LogP contribution in [0.1, 0.15) is 476 Å². The van der Waals surface area contributed by atoms with Crippen LogP contribution in [0.5, 0.6) is 0 Å². The smallest absolute Gasteiger partial charge is 0.305 e. The Kier molecular flexibility index (Phi) is 76.8. The molecule has 0 bridgehead atoms. The molecule has 0 aromatic carbocycles. The molecule has 0 saturated carbocycles. The van der Waals surface area contributed by atoms with Gasteiger partial charge in [-0.25, -0.2) is 0 Å². The summed E-state index contributed by atoms with van der Waals surface area (Å²) in [4.78, 5) is 24.6. The summed E-state index contributed by atoms with van der Waals surface area (Å²) in [6, 6.07) is -0.537. The average Bonchev–Trinajstić information content (AvgIpc) is 3.58. The number of esters is 1. The molecule has 0 heterocycles. The molecule has 0 aliphatic heterocycles. The quantitative estimate of drug-likeness (QED) is 0.0320. The van der Waals surface area contributed by atoms with E-state index < -0.39 is 12.1 Å². The van der Waals surface area contributed by atoms with E-state index in [-0.39, 0.29) is 18.5 Å². The highest BCUT2D eigenvalue weighted by Gasteiger charge is 2.20. The van der Waals surface area contributed by atoms with Crippen molar-refractivity contribution in [2.24, 2.45) is 0 Å². The van der Waals surface area contributed by atoms with Gasteiger partial charge in [0.2, 0.25) is 5.91 Å². The molecule has 0 saturated heterocycles. The summed E-state index contributed by atoms with van der Waals surface area (Å²) in [6.45, 7) is 5.01. The number of carbonyl (C=O) groups is 2. The van der Waals surface area contributed by atoms with Crippen LogP contribution in [0, 0.1) is 0 Å². The lowest BCUT2D eigenvalue weighted by Gasteiger charge is -2.22. The third kappa shape index (κ3) is 73.6. The Morgan fingerprint density at radius 1 is 0.307 bits per heavy atom. The van der Waals surface area contributed by atoms with Crippen LogP contribution >= 0.6 is 0 Å². The third-order valence-electron chi connectivity index (χ3n) is 19.6. The maximum Gasteiger partial charge on any atom is 0.305 e. The molecule has 524 valence electrons. The molecule has 1 amide bonds. The van der Waals surface area contributed by atoms with Gasteiger partial charge in [0.25, 0.3) is 0 Å². The zero-order valence-corrected chi connectivity index (χ0v) is 60.3. The van der Waals surface area contributed by atoms with E-state index in [1.807, 2.05) is 0 Å². The van der Waals surface area contributed by atoms with Crippen molar-refractivity contribution in [2.75, 3.05) is 13.2 Å². The molecule has 0 aliphatic carbocycles. The highest BCUT2D eigenvalue weighted by molar-refractivity contribution is 5.76. The summed E-state index contributed by atoms with van der Waals surface area (Å²) in [7, 11) is 0. The number of nitrogens with one attached hydrogen (secondary N) is 1. The molecule has 88 heavy (non-hydrogen) atoms. The first-order valence-electron chi connectivity index (χ1n) is 40.9. The van der Waals surface area contributed by atoms with E-state index in [0.717, 1.165) is 38.5 Å². The van der Waals surface area contributed by atoms with Crippen LogP contribution in [0.15, 0.2) is 12.2 Å². The Bertz CT molecular complexity index is 1340. The fourth-order valence-corrected chi connectivity index (χ4v) is 13.3. The van der Waals surface area contributed by atoms with Crippen LogP contribution in [0.4, 0.5) is 0 Å². The minimum Gasteiger partial charge on any atom is -0.466 e. The summed E-state index contributed by atoms with van der Waals surface area (Å²) in [5.41, 5.74) is 0. The van der Waals surface area contributed by atoms with Crippen LogP contribution in [0.2, 0.25) is 0 Å². The van der Waals surface area contributed by atoms with Gasteiger partial charge in [-0.1, -0.05) is 424 Å². The molecule has 0 aromatic heterocycles. The second-order valence-electron chi connectivity index (χ2n) is 28.5. The molecule has 2 atom stereocenters. The van der Waals surface area contributed by atoms with Gasteiger partial charge in [-0.05, 0) is 51.4 Å². The zero-order chi connectivity index (χ0) is 63.5. The van der Waals surface area contributed by atoms with Crippen LogP contribution in [-0.4, -0.2) is 47.4 Å². The summed E-state index contributed by atoms with van der Waals surface area (Å²) in [5, 5.41) is 23.3. The van der Waals surface area contributed by atoms with E-state index in [1.165, 1.54) is 405 Å². The fourth-order valence-electron chi connectivity index (χ4n) is 13.3. The molecule has 0 fully saturated rings. The van der Waals surface area contributed by atoms with Crippen LogP contribution in [0.25, 0.3) is 0 Å². The molecule has 0 radical (unpaired) electrons. The molecule has 0 rings (SSSR count). The van der Waals surface area contributed by atoms with Gasteiger partial charge in [-0.15, -0.1) is 0 Å². The number of carbonyl (C=O) groups excluding carboxylic acids is 2. The summed E-state index contributed by atoms with van der Waals surface area (Å²) >= 11 is 0. The number of ether oxygens (including phenoxy) is 1. The van der Waals surface area contributed by atoms with Crippen molar-refractivity contribution >= 4 is 11.9 Å². The Labute approximate surface area is 552 Å². The van der Waals surface area contributed by atoms with Gasteiger partial charge in [0.15, 0.2) is 0 Å². The lowest BCUT2D eigenvalue weighted by molar-refractivity contribution is -0.143. The van der Waals surface area contributed by atoms with Gasteiger partial charge in [0.1, 0.15) is 0 Å². The first kappa shape index (κ1) is 86.6. The van der Waals surface area contributed by atoms with E-state index in [4.69, 9.17) is 4.74 Å². The minimum absolute atomic E-state index is 0.0271. The predicted molar refractivity (Wildman–Crippen MR) is 389 cm³/mol. The molecule has 6 heteroatoms. The van der Waals surface area contributed by atoms with Gasteiger partial charge >= 0.3 is 5.97 Å². The van der Waals surface area contributed by atoms with Crippen LogP contribution < -0.4 is 5.32 Å². The molecule has 6 nitrogen and oxygen atoms in total. The highest BCUT2D eigenvalue weighted by atomic mass is 16.5. The summed E-state index contributed by atoms with van der Waals surface area (Å²) in [6.07, 6.45) is 99.0. The number of aliphatic hydroxyl groups is 2. The number of allylic oxidation sites excluding steroid dienone is 2. The molecule has 2 unspecified atom stereocenters. The van der Waals surface area contributed by atoms with Crippen molar-refractivity contribution < 1.29 is 24.5 Å². The summed E-state index contributed by atoms with van der Waals surface area (Å²) < 4.78 is 5.52. The van der Waals surface area contributed by atoms with Crippen LogP contribution in [0.3, 0.4) is 0 Å². The van der Waals surface area contributed by atoms with E-state index >= 15 is 0 Å². The first-order valence-corrected chi connectivity index (χ1v) is 40.9. The lowest BCUT2D eigenvalue weighted by atomic mass is 10.0. The van der Waals surface area contributed by atoms with Gasteiger partial charge < -0.3 is 20.3 Å². The zero-order valence-electron chi connectivity index (χ0n) is 60.3. The van der Waals surface area contributed by atoms with Crippen molar-refractivity contribution in [1.82, 2.24) is 5.32 Å². The van der Waals surface area contributed by atoms with E-state index in [1.54, 1.807) is 0 Å². The maximum atomic E-state index is 12.5. The standard InChI is InChI=1S/C82H161NO5/c1-3-5-7-9-11-13-15-17-19-20-45-48-52-56-60-64-68-72-76-82(87)88-77-73-69-65-61-57-53-49-46-43-41-39-37-35-33-31-29-27-25-23-21-22-24-26-28-30-32-34-36-38-40-42-44-47-51-55-59-63-67-71-75-81(86)83-79(78-84)80(85)74-70-66-62-58-54-50-18-16-14-12-10-8-6-4-2/h21-22,79-80,84-85H,3-20,23-78H2,1-2H3,(H,83,86)/b22-21-. The maximum absolute atomic E-state index is 12.5. The molecule has 0 aliphatic rings. The minimum atomic E-state index is -0.660. The SMILES string of the molecule is CCCCCCCCCCCCCCCCCCCCC(=O)OCCCCCCCCCCCCCCCCCCCC/C=C\CCCCCCCCCCCCCCCCCCCC(=O)NC(CO)C(O)CCCCCCCCCCCCCCCC. The fraction of sp³-hybridized carbons (Fsp3) is 0.951. The molecule has 3 N–H and O–H groups in total. The monoisotopic (exact) mass is 1240 g/mol. The summed E-state index contributed by atoms with van der Waals surface area (Å²) in [5.74, 6) is 0.00106. The van der Waals surface area contributed by atoms with Gasteiger partial charge in [0, 0.05) is 12.8 Å². The van der Waals surface area contributed by atoms with E-state index in [0.29, 0.717) is 25.9 Å². The van der Waals surface area contributed by atoms with Crippen molar-refractivity contribution in [3.05, 3.63) is 12.2 Å². The predicted octanol–water partition coefficient (Wildman–Crippen LogP) is 27.1. The van der Waals surface area contributed by atoms with Gasteiger partial charge in [-0.3, -0.25) is 9.59 Å². The van der Waals surface area contributed by atoms with Crippen molar-refractivity contribution in [3.8, 4) is 0 Å². The van der Waals surface area contributed by atoms with Crippen molar-refractivity contribution in [2.45, 2.75) is 488 Å². The Morgan fingerprint density at radius 3 is 0.807 bits per heavy atom. The van der Waals surface area contributed by atoms with Crippen LogP contribution in [-0.2, 0) is 14.3 Å². The molecular formula is C82H161NO5. The molecule has 0 spiro atoms. The number of rotatable bonds is 78. The lowest BCUT2D eigenvalue weighted by Crippen LogP contribution is -2.45. The molecule has 0 aromatic rings. The van der Waals surface area contributed by atoms with E-state index in [9.17, 15) is 19.8 Å². The number of hydrogen-bond acceptors (Lipinski definition) is 5. The Balaban J connectivity index is 3.29. The highest BCUT2D eigenvalue weighted by Crippen LogP contribution is 2.21. The van der Waals surface area contributed by atoms with Gasteiger partial charge in [-0.2, -0.15) is 0 Å². The normalized spacial score (nSPS) is 12.5. The topological polar surface area (TPSA) is 95.9 Å². The van der Waals surface area contributed by atoms with Gasteiger partial charge in [0.05, 0.1) is 25.4 Å². The molecular weight excluding hydrogens is 1080 g/mol. The number of aliphatic hydroxyl groups excluding tert-OH is 2. The second kappa shape index (κ2) is 78.0. The van der Waals surface area contributed by atoms with Crippen molar-refractivity contribution in [1.29, 1.82) is 0 Å².